The molecule has 3 atom stereocenters. The average molecular weight is 527 g/mol. The van der Waals surface area contributed by atoms with Crippen LogP contribution < -0.4 is 4.72 Å². The highest BCUT2D eigenvalue weighted by Gasteiger charge is 2.62. The number of likely N-dealkylation sites (tertiary alicyclic amines) is 1. The maximum absolute atomic E-state index is 15.7. The Morgan fingerprint density at radius 2 is 1.92 bits per heavy atom. The van der Waals surface area contributed by atoms with Crippen molar-refractivity contribution in [2.45, 2.75) is 50.3 Å². The average Bonchev–Trinajstić information content (AvgIpc) is 3.54. The van der Waals surface area contributed by atoms with E-state index in [-0.39, 0.29) is 41.1 Å². The lowest BCUT2D eigenvalue weighted by atomic mass is 9.91. The molecule has 0 aromatic heterocycles. The number of alkyl halides is 3. The van der Waals surface area contributed by atoms with Crippen molar-refractivity contribution in [3.05, 3.63) is 59.4 Å². The number of benzene rings is 2. The van der Waals surface area contributed by atoms with E-state index in [0.29, 0.717) is 25.9 Å². The largest absolute Gasteiger partial charge is 0.368 e. The Balaban J connectivity index is 1.50. The van der Waals surface area contributed by atoms with Gasteiger partial charge in [-0.1, -0.05) is 36.4 Å². The van der Waals surface area contributed by atoms with Gasteiger partial charge in [0.1, 0.15) is 11.9 Å². The Kier molecular flexibility index (Phi) is 6.59. The number of nitrogens with zero attached hydrogens (tertiary/aromatic N) is 1. The van der Waals surface area contributed by atoms with Crippen LogP contribution in [0.4, 0.5) is 17.6 Å². The highest BCUT2D eigenvalue weighted by molar-refractivity contribution is 7.89. The minimum Gasteiger partial charge on any atom is -0.368 e. The Morgan fingerprint density at radius 3 is 2.53 bits per heavy atom. The number of carbonyl (C=O) groups is 1. The van der Waals surface area contributed by atoms with Crippen LogP contribution in [0.5, 0.6) is 0 Å². The molecule has 194 valence electrons. The number of hydrogen-bond acceptors (Lipinski definition) is 4. The number of halogens is 4. The normalized spacial score (nSPS) is 24.8. The van der Waals surface area contributed by atoms with Gasteiger partial charge < -0.3 is 9.64 Å². The van der Waals surface area contributed by atoms with Crippen molar-refractivity contribution < 1.29 is 35.5 Å². The summed E-state index contributed by atoms with van der Waals surface area (Å²) in [5.41, 5.74) is -0.166. The first-order valence-corrected chi connectivity index (χ1v) is 13.4. The summed E-state index contributed by atoms with van der Waals surface area (Å²) < 4.78 is 87.5. The molecule has 5 rings (SSSR count). The van der Waals surface area contributed by atoms with Gasteiger partial charge in [0, 0.05) is 35.5 Å². The lowest BCUT2D eigenvalue weighted by molar-refractivity contribution is -0.157. The molecule has 0 bridgehead atoms. The standard InChI is InChI=1S/C25H26F4N2O4S/c26-14-36(33,34)30-22-19(31(13-25(22)8-9-25)24(32)20-7-10-35-20)12-16-4-2-6-18(21(16)27)15-3-1-5-17(11-15)23(28)29/h1-6,11,19-20,22-23,30H,7-10,12-14H2/t19-,20+,22+/m0/s1. The van der Waals surface area contributed by atoms with E-state index >= 15 is 4.39 Å². The summed E-state index contributed by atoms with van der Waals surface area (Å²) in [5.74, 6) is -0.930. The van der Waals surface area contributed by atoms with Crippen molar-refractivity contribution in [3.8, 4) is 11.1 Å². The second kappa shape index (κ2) is 9.42. The summed E-state index contributed by atoms with van der Waals surface area (Å²) in [5, 5.41) is 0. The molecule has 1 amide bonds. The predicted molar refractivity (Wildman–Crippen MR) is 124 cm³/mol. The molecule has 11 heteroatoms. The van der Waals surface area contributed by atoms with Gasteiger partial charge in [0.05, 0.1) is 12.6 Å². The summed E-state index contributed by atoms with van der Waals surface area (Å²) in [6, 6.07) is 6.90. The summed E-state index contributed by atoms with van der Waals surface area (Å²) in [6.07, 6.45) is -1.52. The fraction of sp³-hybridized carbons (Fsp3) is 0.480. The van der Waals surface area contributed by atoms with Crippen molar-refractivity contribution in [2.75, 3.05) is 19.2 Å². The Hall–Kier alpha value is -2.50. The van der Waals surface area contributed by atoms with Gasteiger partial charge in [-0.3, -0.25) is 4.79 Å². The topological polar surface area (TPSA) is 75.7 Å². The Labute approximate surface area is 206 Å². The number of hydrogen-bond donors (Lipinski definition) is 1. The third-order valence-corrected chi connectivity index (χ3v) is 8.39. The maximum Gasteiger partial charge on any atom is 0.263 e. The Morgan fingerprint density at radius 1 is 1.19 bits per heavy atom. The summed E-state index contributed by atoms with van der Waals surface area (Å²) in [4.78, 5) is 14.7. The summed E-state index contributed by atoms with van der Waals surface area (Å²) in [6.45, 7) is 0.722. The van der Waals surface area contributed by atoms with Gasteiger partial charge in [0.2, 0.25) is 16.0 Å². The number of nitrogens with one attached hydrogen (secondary N) is 1. The van der Waals surface area contributed by atoms with Crippen molar-refractivity contribution in [1.29, 1.82) is 0 Å². The molecule has 1 aliphatic carbocycles. The fourth-order valence-corrected chi connectivity index (χ4v) is 6.17. The molecule has 1 spiro atoms. The van der Waals surface area contributed by atoms with E-state index in [0.717, 1.165) is 0 Å². The first-order valence-electron chi connectivity index (χ1n) is 11.8. The van der Waals surface area contributed by atoms with E-state index in [1.54, 1.807) is 11.0 Å². The van der Waals surface area contributed by atoms with E-state index in [4.69, 9.17) is 4.74 Å². The van der Waals surface area contributed by atoms with Crippen molar-refractivity contribution >= 4 is 15.9 Å². The van der Waals surface area contributed by atoms with Gasteiger partial charge in [-0.25, -0.2) is 30.7 Å². The zero-order valence-electron chi connectivity index (χ0n) is 19.3. The predicted octanol–water partition coefficient (Wildman–Crippen LogP) is 3.97. The van der Waals surface area contributed by atoms with E-state index in [1.165, 1.54) is 36.4 Å². The van der Waals surface area contributed by atoms with E-state index < -0.39 is 51.9 Å². The number of sulfonamides is 1. The zero-order chi connectivity index (χ0) is 25.7. The van der Waals surface area contributed by atoms with Crippen molar-refractivity contribution in [2.24, 2.45) is 5.41 Å². The smallest absolute Gasteiger partial charge is 0.263 e. The molecule has 36 heavy (non-hydrogen) atoms. The SMILES string of the molecule is O=C([C@H]1CCO1)N1CC2(CC2)[C@H](NS(=O)(=O)CF)[C@@H]1Cc1cccc(-c2cccc(C(F)F)c2)c1F. The maximum atomic E-state index is 15.7. The second-order valence-corrected chi connectivity index (χ2v) is 11.5. The van der Waals surface area contributed by atoms with Crippen molar-refractivity contribution in [1.82, 2.24) is 9.62 Å². The highest BCUT2D eigenvalue weighted by atomic mass is 32.2. The zero-order valence-corrected chi connectivity index (χ0v) is 20.1. The molecule has 2 aromatic carbocycles. The Bertz CT molecular complexity index is 1260. The van der Waals surface area contributed by atoms with Crippen LogP contribution in [0, 0.1) is 11.2 Å². The molecule has 6 nitrogen and oxygen atoms in total. The summed E-state index contributed by atoms with van der Waals surface area (Å²) >= 11 is 0. The van der Waals surface area contributed by atoms with Crippen LogP contribution in [0.25, 0.3) is 11.1 Å². The number of carbonyl (C=O) groups excluding carboxylic acids is 1. The van der Waals surface area contributed by atoms with Crippen LogP contribution in [-0.4, -0.2) is 56.6 Å². The lowest BCUT2D eigenvalue weighted by Crippen LogP contribution is -2.53. The first kappa shape index (κ1) is 25.2. The minimum atomic E-state index is -4.24. The molecule has 3 fully saturated rings. The lowest BCUT2D eigenvalue weighted by Gasteiger charge is -2.34. The van der Waals surface area contributed by atoms with Gasteiger partial charge in [-0.2, -0.15) is 0 Å². The molecule has 1 N–H and O–H groups in total. The minimum absolute atomic E-state index is 0.0338. The molecule has 3 aliphatic rings. The van der Waals surface area contributed by atoms with Crippen LogP contribution in [0.1, 0.15) is 36.8 Å². The third kappa shape index (κ3) is 4.64. The quantitative estimate of drug-likeness (QED) is 0.529. The van der Waals surface area contributed by atoms with Gasteiger partial charge in [0.25, 0.3) is 12.3 Å². The molecular weight excluding hydrogens is 500 g/mol. The van der Waals surface area contributed by atoms with E-state index in [2.05, 4.69) is 4.72 Å². The first-order chi connectivity index (χ1) is 17.1. The van der Waals surface area contributed by atoms with Crippen molar-refractivity contribution in [3.63, 3.8) is 0 Å². The van der Waals surface area contributed by atoms with Crippen LogP contribution in [0.3, 0.4) is 0 Å². The highest BCUT2D eigenvalue weighted by Crippen LogP contribution is 2.56. The summed E-state index contributed by atoms with van der Waals surface area (Å²) in [7, 11) is -4.24. The van der Waals surface area contributed by atoms with Crippen LogP contribution in [0.2, 0.25) is 0 Å². The fourth-order valence-electron chi connectivity index (χ4n) is 5.31. The van der Waals surface area contributed by atoms with Gasteiger partial charge in [-0.05, 0) is 36.5 Å². The van der Waals surface area contributed by atoms with Gasteiger partial charge in [0.15, 0.2) is 0 Å². The molecule has 2 aliphatic heterocycles. The molecule has 2 aromatic rings. The number of rotatable bonds is 8. The molecule has 0 unspecified atom stereocenters. The number of ether oxygens (including phenoxy) is 1. The molecule has 0 radical (unpaired) electrons. The molecule has 2 saturated heterocycles. The monoisotopic (exact) mass is 526 g/mol. The third-order valence-electron chi connectivity index (χ3n) is 7.49. The van der Waals surface area contributed by atoms with Crippen LogP contribution >= 0.6 is 0 Å². The molecule has 2 heterocycles. The van der Waals surface area contributed by atoms with E-state index in [1.807, 2.05) is 0 Å². The van der Waals surface area contributed by atoms with Gasteiger partial charge in [-0.15, -0.1) is 0 Å². The van der Waals surface area contributed by atoms with E-state index in [9.17, 15) is 26.4 Å². The molecular formula is C25H26F4N2O4S. The van der Waals surface area contributed by atoms with Crippen LogP contribution in [0.15, 0.2) is 42.5 Å². The number of amides is 1. The van der Waals surface area contributed by atoms with Gasteiger partial charge >= 0.3 is 0 Å². The van der Waals surface area contributed by atoms with Crippen LogP contribution in [-0.2, 0) is 26.0 Å². The molecule has 1 saturated carbocycles. The second-order valence-electron chi connectivity index (χ2n) is 9.77.